The van der Waals surface area contributed by atoms with Gasteiger partial charge in [0.1, 0.15) is 0 Å². The van der Waals surface area contributed by atoms with Crippen molar-refractivity contribution in [2.45, 2.75) is 52.4 Å². The highest BCUT2D eigenvalue weighted by atomic mass is 16.4. The molecule has 0 aromatic heterocycles. The number of piperazine rings is 1. The zero-order valence-corrected chi connectivity index (χ0v) is 13.8. The third kappa shape index (κ3) is 4.68. The van der Waals surface area contributed by atoms with Crippen molar-refractivity contribution in [1.29, 1.82) is 0 Å². The minimum atomic E-state index is -0.561. The predicted molar refractivity (Wildman–Crippen MR) is 85.5 cm³/mol. The number of rotatable bonds is 5. The first kappa shape index (κ1) is 16.8. The summed E-state index contributed by atoms with van der Waals surface area (Å²) in [6, 6.07) is 0. The SMILES string of the molecule is CC(C)CN1CCN(CC2(C(=O)O)CCCCCC2)CC1. The van der Waals surface area contributed by atoms with Gasteiger partial charge in [0.05, 0.1) is 5.41 Å². The maximum absolute atomic E-state index is 11.9. The predicted octanol–water partition coefficient (Wildman–Crippen LogP) is 2.69. The van der Waals surface area contributed by atoms with E-state index in [1.54, 1.807) is 0 Å². The quantitative estimate of drug-likeness (QED) is 0.792. The van der Waals surface area contributed by atoms with Gasteiger partial charge in [0.25, 0.3) is 0 Å². The lowest BCUT2D eigenvalue weighted by Crippen LogP contribution is -2.52. The number of nitrogens with zero attached hydrogens (tertiary/aromatic N) is 2. The van der Waals surface area contributed by atoms with Gasteiger partial charge < -0.3 is 10.0 Å². The third-order valence-corrected chi connectivity index (χ3v) is 5.13. The molecule has 4 heteroatoms. The van der Waals surface area contributed by atoms with E-state index >= 15 is 0 Å². The van der Waals surface area contributed by atoms with Gasteiger partial charge in [-0.1, -0.05) is 39.5 Å². The van der Waals surface area contributed by atoms with Crippen LogP contribution in [0.2, 0.25) is 0 Å². The van der Waals surface area contributed by atoms with Crippen LogP contribution in [0.3, 0.4) is 0 Å². The first-order chi connectivity index (χ1) is 10.0. The van der Waals surface area contributed by atoms with Crippen LogP contribution in [0.15, 0.2) is 0 Å². The van der Waals surface area contributed by atoms with Gasteiger partial charge in [-0.25, -0.2) is 0 Å². The second-order valence-electron chi connectivity index (χ2n) is 7.47. The van der Waals surface area contributed by atoms with Crippen molar-refractivity contribution < 1.29 is 9.90 Å². The molecule has 0 amide bonds. The second-order valence-corrected chi connectivity index (χ2v) is 7.47. The smallest absolute Gasteiger partial charge is 0.310 e. The van der Waals surface area contributed by atoms with Crippen molar-refractivity contribution in [1.82, 2.24) is 9.80 Å². The molecule has 0 unspecified atom stereocenters. The lowest BCUT2D eigenvalue weighted by Gasteiger charge is -2.40. The van der Waals surface area contributed by atoms with Gasteiger partial charge in [-0.2, -0.15) is 0 Å². The fraction of sp³-hybridized carbons (Fsp3) is 0.941. The van der Waals surface area contributed by atoms with Crippen LogP contribution in [0, 0.1) is 11.3 Å². The van der Waals surface area contributed by atoms with Crippen LogP contribution >= 0.6 is 0 Å². The zero-order chi connectivity index (χ0) is 15.3. The van der Waals surface area contributed by atoms with Crippen LogP contribution in [0.1, 0.15) is 52.4 Å². The Morgan fingerprint density at radius 1 is 1.00 bits per heavy atom. The molecule has 1 N–H and O–H groups in total. The van der Waals surface area contributed by atoms with Gasteiger partial charge in [-0.3, -0.25) is 9.69 Å². The van der Waals surface area contributed by atoms with Gasteiger partial charge in [0, 0.05) is 39.3 Å². The molecule has 1 saturated carbocycles. The Hall–Kier alpha value is -0.610. The summed E-state index contributed by atoms with van der Waals surface area (Å²) in [4.78, 5) is 16.8. The molecule has 0 aromatic carbocycles. The average Bonchev–Trinajstić information content (AvgIpc) is 2.67. The number of carboxylic acid groups (broad SMARTS) is 1. The van der Waals surface area contributed by atoms with Crippen LogP contribution in [-0.2, 0) is 4.79 Å². The largest absolute Gasteiger partial charge is 0.481 e. The molecule has 0 radical (unpaired) electrons. The molecule has 2 rings (SSSR count). The molecule has 1 saturated heterocycles. The van der Waals surface area contributed by atoms with Crippen LogP contribution in [0.4, 0.5) is 0 Å². The van der Waals surface area contributed by atoms with E-state index in [1.165, 1.54) is 12.8 Å². The summed E-state index contributed by atoms with van der Waals surface area (Å²) in [7, 11) is 0. The van der Waals surface area contributed by atoms with Crippen molar-refractivity contribution in [3.63, 3.8) is 0 Å². The first-order valence-corrected chi connectivity index (χ1v) is 8.70. The van der Waals surface area contributed by atoms with Crippen LogP contribution in [0.5, 0.6) is 0 Å². The lowest BCUT2D eigenvalue weighted by molar-refractivity contribution is -0.151. The third-order valence-electron chi connectivity index (χ3n) is 5.13. The van der Waals surface area contributed by atoms with E-state index in [2.05, 4.69) is 23.6 Å². The molecule has 2 aliphatic rings. The monoisotopic (exact) mass is 296 g/mol. The average molecular weight is 296 g/mol. The van der Waals surface area contributed by atoms with Gasteiger partial charge in [-0.15, -0.1) is 0 Å². The Kier molecular flexibility index (Phi) is 6.06. The maximum Gasteiger partial charge on any atom is 0.310 e. The summed E-state index contributed by atoms with van der Waals surface area (Å²) in [6.07, 6.45) is 6.32. The fourth-order valence-electron chi connectivity index (χ4n) is 3.92. The van der Waals surface area contributed by atoms with E-state index in [0.717, 1.165) is 65.0 Å². The summed E-state index contributed by atoms with van der Waals surface area (Å²) < 4.78 is 0. The highest BCUT2D eigenvalue weighted by Crippen LogP contribution is 2.36. The minimum absolute atomic E-state index is 0.475. The molecule has 0 aromatic rings. The van der Waals surface area contributed by atoms with Crippen molar-refractivity contribution >= 4 is 5.97 Å². The summed E-state index contributed by atoms with van der Waals surface area (Å²) in [5.74, 6) is 0.151. The Balaban J connectivity index is 1.89. The molecule has 4 nitrogen and oxygen atoms in total. The van der Waals surface area contributed by atoms with Gasteiger partial charge in [0.2, 0.25) is 0 Å². The number of carbonyl (C=O) groups is 1. The molecule has 0 atom stereocenters. The molecule has 2 fully saturated rings. The number of hydrogen-bond donors (Lipinski definition) is 1. The number of carboxylic acids is 1. The van der Waals surface area contributed by atoms with Gasteiger partial charge in [-0.05, 0) is 18.8 Å². The summed E-state index contributed by atoms with van der Waals surface area (Å²) >= 11 is 0. The standard InChI is InChI=1S/C17H32N2O2/c1-15(2)13-18-9-11-19(12-10-18)14-17(16(20)21)7-5-3-4-6-8-17/h15H,3-14H2,1-2H3,(H,20,21). The van der Waals surface area contributed by atoms with Crippen molar-refractivity contribution in [3.8, 4) is 0 Å². The highest BCUT2D eigenvalue weighted by Gasteiger charge is 2.40. The molecule has 122 valence electrons. The van der Waals surface area contributed by atoms with E-state index in [1.807, 2.05) is 0 Å². The molecule has 21 heavy (non-hydrogen) atoms. The van der Waals surface area contributed by atoms with Crippen LogP contribution in [-0.4, -0.2) is 60.1 Å². The summed E-state index contributed by atoms with van der Waals surface area (Å²) in [6.45, 7) is 10.7. The molecular weight excluding hydrogens is 264 g/mol. The Morgan fingerprint density at radius 2 is 1.52 bits per heavy atom. The maximum atomic E-state index is 11.9. The Bertz CT molecular complexity index is 328. The van der Waals surface area contributed by atoms with Crippen molar-refractivity contribution in [2.75, 3.05) is 39.3 Å². The van der Waals surface area contributed by atoms with Gasteiger partial charge >= 0.3 is 5.97 Å². The zero-order valence-electron chi connectivity index (χ0n) is 13.8. The molecule has 0 bridgehead atoms. The van der Waals surface area contributed by atoms with E-state index in [9.17, 15) is 9.90 Å². The normalized spacial score (nSPS) is 24.9. The van der Waals surface area contributed by atoms with Crippen molar-refractivity contribution in [2.24, 2.45) is 11.3 Å². The summed E-state index contributed by atoms with van der Waals surface area (Å²) in [5, 5.41) is 9.78. The molecule has 0 spiro atoms. The Labute approximate surface area is 129 Å². The van der Waals surface area contributed by atoms with E-state index < -0.39 is 11.4 Å². The molecular formula is C17H32N2O2. The molecule has 1 heterocycles. The topological polar surface area (TPSA) is 43.8 Å². The second kappa shape index (κ2) is 7.59. The highest BCUT2D eigenvalue weighted by molar-refractivity contribution is 5.75. The van der Waals surface area contributed by atoms with E-state index in [0.29, 0.717) is 5.92 Å². The first-order valence-electron chi connectivity index (χ1n) is 8.70. The van der Waals surface area contributed by atoms with E-state index in [4.69, 9.17) is 0 Å². The number of hydrogen-bond acceptors (Lipinski definition) is 3. The Morgan fingerprint density at radius 3 is 2.00 bits per heavy atom. The van der Waals surface area contributed by atoms with Crippen LogP contribution in [0.25, 0.3) is 0 Å². The molecule has 1 aliphatic heterocycles. The number of aliphatic carboxylic acids is 1. The fourth-order valence-corrected chi connectivity index (χ4v) is 3.92. The molecule has 1 aliphatic carbocycles. The lowest BCUT2D eigenvalue weighted by atomic mass is 9.79. The van der Waals surface area contributed by atoms with Crippen LogP contribution < -0.4 is 0 Å². The van der Waals surface area contributed by atoms with Gasteiger partial charge in [0.15, 0.2) is 0 Å². The minimum Gasteiger partial charge on any atom is -0.481 e. The van der Waals surface area contributed by atoms with Crippen molar-refractivity contribution in [3.05, 3.63) is 0 Å². The summed E-state index contributed by atoms with van der Waals surface area (Å²) in [5.41, 5.74) is -0.475. The van der Waals surface area contributed by atoms with E-state index in [-0.39, 0.29) is 0 Å².